The molecule has 5 heterocycles. The summed E-state index contributed by atoms with van der Waals surface area (Å²) in [6.07, 6.45) is 10.2. The Morgan fingerprint density at radius 1 is 1.09 bits per heavy atom. The summed E-state index contributed by atoms with van der Waals surface area (Å²) >= 11 is 6.46. The summed E-state index contributed by atoms with van der Waals surface area (Å²) in [6, 6.07) is 13.2. The van der Waals surface area contributed by atoms with Gasteiger partial charge >= 0.3 is 0 Å². The van der Waals surface area contributed by atoms with Gasteiger partial charge in [0.05, 0.1) is 55.6 Å². The highest BCUT2D eigenvalue weighted by atomic mass is 35.5. The lowest BCUT2D eigenvalue weighted by atomic mass is 9.68. The van der Waals surface area contributed by atoms with E-state index >= 15 is 4.21 Å². The highest BCUT2D eigenvalue weighted by molar-refractivity contribution is 7.93. The summed E-state index contributed by atoms with van der Waals surface area (Å²) in [7, 11) is -3.67. The second kappa shape index (κ2) is 14.1. The van der Waals surface area contributed by atoms with Crippen molar-refractivity contribution < 1.29 is 33.1 Å². The molecular formula is C42H49ClN4O7S. The van der Waals surface area contributed by atoms with Crippen molar-refractivity contribution in [1.82, 2.24) is 9.29 Å². The monoisotopic (exact) mass is 788 g/mol. The number of aryl methyl sites for hydroxylation is 1. The maximum atomic E-state index is 15.0. The molecule has 1 saturated heterocycles. The summed E-state index contributed by atoms with van der Waals surface area (Å²) < 4.78 is 42.2. The molecule has 2 spiro atoms. The number of aliphatic hydroxyl groups excluding tert-OH is 1. The second-order valence-electron chi connectivity index (χ2n) is 16.8. The first kappa shape index (κ1) is 36.9. The Bertz CT molecular complexity index is 2190. The van der Waals surface area contributed by atoms with Gasteiger partial charge < -0.3 is 28.8 Å². The van der Waals surface area contributed by atoms with Crippen LogP contribution in [-0.2, 0) is 44.4 Å². The quantitative estimate of drug-likeness (QED) is 0.292. The number of allylic oxidation sites excluding steroid dienone is 1. The second-order valence-corrected chi connectivity index (χ2v) is 19.5. The third-order valence-corrected chi connectivity index (χ3v) is 15.8. The molecule has 13 heteroatoms. The van der Waals surface area contributed by atoms with E-state index in [2.05, 4.69) is 26.1 Å². The molecule has 11 nitrogen and oxygen atoms in total. The lowest BCUT2D eigenvalue weighted by Crippen LogP contribution is -2.56. The molecule has 55 heavy (non-hydrogen) atoms. The maximum Gasteiger partial charge on any atom is 0.286 e. The van der Waals surface area contributed by atoms with Crippen LogP contribution in [0, 0.1) is 17.8 Å². The Morgan fingerprint density at radius 2 is 1.95 bits per heavy atom. The molecule has 292 valence electrons. The van der Waals surface area contributed by atoms with Crippen LogP contribution >= 0.6 is 11.6 Å². The van der Waals surface area contributed by atoms with Gasteiger partial charge in [0, 0.05) is 41.0 Å². The molecule has 1 unspecified atom stereocenters. The fourth-order valence-corrected chi connectivity index (χ4v) is 11.6. The minimum atomic E-state index is -3.67. The van der Waals surface area contributed by atoms with E-state index in [1.807, 2.05) is 35.8 Å². The normalized spacial score (nSPS) is 33.1. The zero-order chi connectivity index (χ0) is 38.1. The van der Waals surface area contributed by atoms with Crippen LogP contribution in [0.1, 0.15) is 83.5 Å². The molecule has 9 rings (SSSR count). The maximum absolute atomic E-state index is 15.0. The topological polar surface area (TPSA) is 132 Å². The van der Waals surface area contributed by atoms with E-state index in [1.165, 1.54) is 11.1 Å². The van der Waals surface area contributed by atoms with E-state index < -0.39 is 33.1 Å². The number of aromatic nitrogens is 1. The van der Waals surface area contributed by atoms with Crippen LogP contribution in [0.2, 0.25) is 5.02 Å². The van der Waals surface area contributed by atoms with Crippen LogP contribution in [0.25, 0.3) is 0 Å². The Hall–Kier alpha value is -3.68. The predicted octanol–water partition coefficient (Wildman–Crippen LogP) is 6.24. The zero-order valence-corrected chi connectivity index (χ0v) is 32.9. The molecule has 1 aromatic heterocycles. The number of hydrogen-bond donors (Lipinski definition) is 2. The van der Waals surface area contributed by atoms with Gasteiger partial charge in [0.15, 0.2) is 0 Å². The SMILES string of the molecule is C[C@@H]1[C@@H](C)C/C=C/[C@H](O)[C@@H]2CC[C@H]2CN2C[C@@]3(CCCc4cc(Cl)ccc43)COc3ccc(cc32)C(=O)N=S1(=O)NC(=O)c1cc2n(c1)CC1(COC1)OC2. The zero-order valence-electron chi connectivity index (χ0n) is 31.4. The minimum absolute atomic E-state index is 0.0894. The average Bonchev–Trinajstić information content (AvgIpc) is 3.51. The first-order valence-electron chi connectivity index (χ1n) is 19.6. The summed E-state index contributed by atoms with van der Waals surface area (Å²) in [6.45, 7) is 7.42. The molecule has 0 radical (unpaired) electrons. The van der Waals surface area contributed by atoms with Crippen molar-refractivity contribution in [3.63, 3.8) is 0 Å². The predicted molar refractivity (Wildman–Crippen MR) is 210 cm³/mol. The van der Waals surface area contributed by atoms with Gasteiger partial charge in [-0.2, -0.15) is 0 Å². The van der Waals surface area contributed by atoms with E-state index in [4.69, 9.17) is 25.8 Å². The number of hydrogen-bond acceptors (Lipinski definition) is 8. The van der Waals surface area contributed by atoms with E-state index in [-0.39, 0.29) is 34.3 Å². The Balaban J connectivity index is 1.09. The van der Waals surface area contributed by atoms with Gasteiger partial charge in [-0.1, -0.05) is 36.7 Å². The fraction of sp³-hybridized carbons (Fsp3) is 0.524. The van der Waals surface area contributed by atoms with E-state index in [0.717, 1.165) is 48.5 Å². The molecule has 6 aliphatic rings. The molecular weight excluding hydrogens is 740 g/mol. The molecule has 7 atom stereocenters. The Kier molecular flexibility index (Phi) is 9.44. The van der Waals surface area contributed by atoms with Crippen molar-refractivity contribution in [2.24, 2.45) is 22.1 Å². The van der Waals surface area contributed by atoms with Crippen molar-refractivity contribution in [2.75, 3.05) is 37.8 Å². The first-order valence-corrected chi connectivity index (χ1v) is 21.6. The number of aliphatic hydroxyl groups is 1. The number of nitrogens with one attached hydrogen (secondary N) is 1. The van der Waals surface area contributed by atoms with Crippen LogP contribution in [-0.4, -0.2) is 75.6 Å². The lowest BCUT2D eigenvalue weighted by Gasteiger charge is -2.45. The van der Waals surface area contributed by atoms with Crippen LogP contribution in [0.3, 0.4) is 0 Å². The molecule has 2 amide bonds. The molecule has 2 fully saturated rings. The van der Waals surface area contributed by atoms with Gasteiger partial charge in [-0.15, -0.1) is 4.36 Å². The fourth-order valence-electron chi connectivity index (χ4n) is 9.48. The van der Waals surface area contributed by atoms with E-state index in [0.29, 0.717) is 63.8 Å². The van der Waals surface area contributed by atoms with Crippen molar-refractivity contribution >= 4 is 39.0 Å². The van der Waals surface area contributed by atoms with Crippen molar-refractivity contribution in [1.29, 1.82) is 0 Å². The molecule has 2 bridgehead atoms. The number of ether oxygens (including phenoxy) is 3. The van der Waals surface area contributed by atoms with Crippen molar-refractivity contribution in [2.45, 2.75) is 87.9 Å². The van der Waals surface area contributed by atoms with Gasteiger partial charge in [-0.25, -0.2) is 4.21 Å². The first-order chi connectivity index (χ1) is 26.4. The van der Waals surface area contributed by atoms with Crippen LogP contribution in [0.5, 0.6) is 5.75 Å². The van der Waals surface area contributed by atoms with Gasteiger partial charge in [0.25, 0.3) is 11.8 Å². The Labute approximate surface area is 327 Å². The molecule has 2 N–H and O–H groups in total. The third kappa shape index (κ3) is 6.71. The number of nitrogens with zero attached hydrogens (tertiary/aromatic N) is 3. The molecule has 4 aliphatic heterocycles. The summed E-state index contributed by atoms with van der Waals surface area (Å²) in [5.74, 6) is -0.477. The third-order valence-electron chi connectivity index (χ3n) is 13.2. The molecule has 3 aromatic rings. The number of halogens is 1. The van der Waals surface area contributed by atoms with E-state index in [9.17, 15) is 14.7 Å². The Morgan fingerprint density at radius 3 is 2.73 bits per heavy atom. The molecule has 2 aromatic carbocycles. The molecule has 2 aliphatic carbocycles. The average molecular weight is 789 g/mol. The largest absolute Gasteiger partial charge is 0.490 e. The number of anilines is 1. The number of fused-ring (bicyclic) bond motifs is 5. The lowest BCUT2D eigenvalue weighted by molar-refractivity contribution is -0.232. The van der Waals surface area contributed by atoms with Crippen molar-refractivity contribution in [3.05, 3.63) is 93.8 Å². The van der Waals surface area contributed by atoms with Crippen LogP contribution in [0.15, 0.2) is 65.2 Å². The number of rotatable bonds is 2. The van der Waals surface area contributed by atoms with Crippen LogP contribution < -0.4 is 14.4 Å². The highest BCUT2D eigenvalue weighted by Gasteiger charge is 2.45. The number of benzene rings is 2. The number of carbonyl (C=O) groups is 2. The number of carbonyl (C=O) groups excluding carboxylic acids is 2. The highest BCUT2D eigenvalue weighted by Crippen LogP contribution is 2.47. The molecule has 1 saturated carbocycles. The minimum Gasteiger partial charge on any atom is -0.490 e. The summed E-state index contributed by atoms with van der Waals surface area (Å²) in [4.78, 5) is 30.5. The van der Waals surface area contributed by atoms with E-state index in [1.54, 1.807) is 31.3 Å². The smallest absolute Gasteiger partial charge is 0.286 e. The van der Waals surface area contributed by atoms with Gasteiger partial charge in [0.1, 0.15) is 21.3 Å². The van der Waals surface area contributed by atoms with Crippen molar-refractivity contribution in [3.8, 4) is 5.75 Å². The summed E-state index contributed by atoms with van der Waals surface area (Å²) in [5.41, 5.74) is 4.00. The standard InChI is InChI=1S/C42H49ClN4O7S/c1-26-5-3-7-37(48)34-11-8-30(34)18-47-21-41(14-4-6-28-15-32(43)10-12-35(28)41)23-53-38-13-9-29(17-36(38)47)39(49)44-55(51,27(26)2)45-40(50)31-16-33-20-54-42(24-52-25-42)22-46(33)19-31/h3,7,9-10,12-13,15-17,19,26-27,30,34,37,48H,4-6,8,11,14,18,20-25H2,1-2H3,(H,44,45,49,50,51)/b7-3+/t26-,27+,30-,34+,37-,41-,55?/m0/s1. The van der Waals surface area contributed by atoms with Gasteiger partial charge in [-0.3, -0.25) is 14.3 Å². The van der Waals surface area contributed by atoms with Gasteiger partial charge in [-0.05, 0) is 111 Å². The van der Waals surface area contributed by atoms with Crippen LogP contribution in [0.4, 0.5) is 5.69 Å². The summed E-state index contributed by atoms with van der Waals surface area (Å²) in [5, 5.41) is 11.5. The van der Waals surface area contributed by atoms with Gasteiger partial charge in [0.2, 0.25) is 0 Å². The number of amides is 2.